The molecule has 2 rings (SSSR count). The number of hydrogen-bond acceptors (Lipinski definition) is 3. The Morgan fingerprint density at radius 3 is 2.90 bits per heavy atom. The predicted molar refractivity (Wildman–Crippen MR) is 76.8 cm³/mol. The third-order valence-corrected chi connectivity index (χ3v) is 2.72. The van der Waals surface area contributed by atoms with Crippen molar-refractivity contribution in [2.45, 2.75) is 0 Å². The van der Waals surface area contributed by atoms with E-state index in [9.17, 15) is 9.59 Å². The Morgan fingerprint density at radius 1 is 1.45 bits per heavy atom. The molecule has 102 valence electrons. The SMILES string of the molecule is NCC#Cc1ccc(Cl)c(NC(=O)c2c[nH]c(=O)[nH]2)c1. The maximum atomic E-state index is 11.9. The molecule has 0 atom stereocenters. The fraction of sp³-hybridized carbons (Fsp3) is 0.0769. The quantitative estimate of drug-likeness (QED) is 0.618. The van der Waals surface area contributed by atoms with Gasteiger partial charge in [-0.3, -0.25) is 4.79 Å². The number of amides is 1. The average molecular weight is 291 g/mol. The third kappa shape index (κ3) is 3.29. The monoisotopic (exact) mass is 290 g/mol. The molecule has 0 radical (unpaired) electrons. The van der Waals surface area contributed by atoms with Crippen LogP contribution in [0.3, 0.4) is 0 Å². The third-order valence-electron chi connectivity index (χ3n) is 2.39. The molecular formula is C13H11ClN4O2. The number of hydrogen-bond donors (Lipinski definition) is 4. The predicted octanol–water partition coefficient (Wildman–Crippen LogP) is 0.919. The van der Waals surface area contributed by atoms with Crippen LogP contribution in [-0.4, -0.2) is 22.4 Å². The minimum atomic E-state index is -0.478. The van der Waals surface area contributed by atoms with Crippen LogP contribution in [0.1, 0.15) is 16.1 Å². The van der Waals surface area contributed by atoms with Crippen molar-refractivity contribution in [3.63, 3.8) is 0 Å². The van der Waals surface area contributed by atoms with Gasteiger partial charge in [0, 0.05) is 11.8 Å². The molecule has 0 saturated heterocycles. The summed E-state index contributed by atoms with van der Waals surface area (Å²) >= 11 is 6.00. The largest absolute Gasteiger partial charge is 0.323 e. The van der Waals surface area contributed by atoms with Crippen LogP contribution in [0, 0.1) is 11.8 Å². The van der Waals surface area contributed by atoms with Gasteiger partial charge in [0.2, 0.25) is 0 Å². The van der Waals surface area contributed by atoms with Crippen LogP contribution in [0.15, 0.2) is 29.2 Å². The first-order valence-corrected chi connectivity index (χ1v) is 6.05. The van der Waals surface area contributed by atoms with E-state index in [-0.39, 0.29) is 12.2 Å². The lowest BCUT2D eigenvalue weighted by atomic mass is 10.2. The summed E-state index contributed by atoms with van der Waals surface area (Å²) in [4.78, 5) is 27.5. The van der Waals surface area contributed by atoms with Crippen LogP contribution in [0.4, 0.5) is 5.69 Å². The van der Waals surface area contributed by atoms with Crippen molar-refractivity contribution in [2.75, 3.05) is 11.9 Å². The second kappa shape index (κ2) is 6.10. The van der Waals surface area contributed by atoms with Crippen molar-refractivity contribution in [1.29, 1.82) is 0 Å². The smallest absolute Gasteiger partial charge is 0.320 e. The van der Waals surface area contributed by atoms with Gasteiger partial charge in [0.1, 0.15) is 5.69 Å². The number of benzene rings is 1. The molecule has 7 heteroatoms. The van der Waals surface area contributed by atoms with E-state index in [1.54, 1.807) is 18.2 Å². The van der Waals surface area contributed by atoms with Gasteiger partial charge < -0.3 is 21.0 Å². The van der Waals surface area contributed by atoms with E-state index in [4.69, 9.17) is 17.3 Å². The molecule has 0 aliphatic carbocycles. The van der Waals surface area contributed by atoms with Crippen LogP contribution in [0.25, 0.3) is 0 Å². The maximum Gasteiger partial charge on any atom is 0.323 e. The van der Waals surface area contributed by atoms with Crippen molar-refractivity contribution in [3.8, 4) is 11.8 Å². The molecule has 0 aliphatic rings. The standard InChI is InChI=1S/C13H11ClN4O2/c14-9-4-3-8(2-1-5-15)6-10(9)17-12(19)11-7-16-13(20)18-11/h3-4,6-7H,5,15H2,(H,17,19)(H2,16,18,20). The summed E-state index contributed by atoms with van der Waals surface area (Å²) in [6.45, 7) is 0.245. The lowest BCUT2D eigenvalue weighted by Crippen LogP contribution is -2.14. The van der Waals surface area contributed by atoms with Gasteiger partial charge in [-0.2, -0.15) is 0 Å². The number of rotatable bonds is 2. The van der Waals surface area contributed by atoms with Gasteiger partial charge in [-0.1, -0.05) is 23.4 Å². The molecule has 0 bridgehead atoms. The zero-order valence-electron chi connectivity index (χ0n) is 10.3. The Kier molecular flexibility index (Phi) is 4.25. The van der Waals surface area contributed by atoms with E-state index in [0.717, 1.165) is 0 Å². The highest BCUT2D eigenvalue weighted by Gasteiger charge is 2.10. The molecule has 20 heavy (non-hydrogen) atoms. The molecule has 1 amide bonds. The molecule has 2 aromatic rings. The zero-order chi connectivity index (χ0) is 14.5. The van der Waals surface area contributed by atoms with Crippen molar-refractivity contribution >= 4 is 23.2 Å². The average Bonchev–Trinajstić information content (AvgIpc) is 2.86. The Labute approximate surface area is 119 Å². The number of carbonyl (C=O) groups excluding carboxylic acids is 1. The van der Waals surface area contributed by atoms with E-state index in [1.807, 2.05) is 0 Å². The van der Waals surface area contributed by atoms with Crippen LogP contribution >= 0.6 is 11.6 Å². The molecule has 0 saturated carbocycles. The number of aromatic amines is 2. The fourth-order valence-corrected chi connectivity index (χ4v) is 1.66. The molecule has 0 fully saturated rings. The van der Waals surface area contributed by atoms with E-state index in [1.165, 1.54) is 6.20 Å². The van der Waals surface area contributed by atoms with E-state index in [2.05, 4.69) is 27.1 Å². The number of H-pyrrole nitrogens is 2. The first kappa shape index (κ1) is 13.9. The lowest BCUT2D eigenvalue weighted by Gasteiger charge is -2.06. The van der Waals surface area contributed by atoms with E-state index >= 15 is 0 Å². The van der Waals surface area contributed by atoms with Gasteiger partial charge in [0.15, 0.2) is 0 Å². The van der Waals surface area contributed by atoms with Crippen LogP contribution in [0.5, 0.6) is 0 Å². The molecule has 1 heterocycles. The number of nitrogens with one attached hydrogen (secondary N) is 3. The molecular weight excluding hydrogens is 280 g/mol. The molecule has 6 nitrogen and oxygen atoms in total. The van der Waals surface area contributed by atoms with Crippen LogP contribution < -0.4 is 16.7 Å². The zero-order valence-corrected chi connectivity index (χ0v) is 11.0. The Morgan fingerprint density at radius 2 is 2.25 bits per heavy atom. The van der Waals surface area contributed by atoms with Gasteiger partial charge in [-0.25, -0.2) is 4.79 Å². The topological polar surface area (TPSA) is 104 Å². The van der Waals surface area contributed by atoms with E-state index in [0.29, 0.717) is 16.3 Å². The Balaban J connectivity index is 2.24. The summed E-state index contributed by atoms with van der Waals surface area (Å²) in [5, 5.41) is 2.97. The van der Waals surface area contributed by atoms with Crippen molar-refractivity contribution in [2.24, 2.45) is 5.73 Å². The van der Waals surface area contributed by atoms with Crippen LogP contribution in [-0.2, 0) is 0 Å². The Hall–Kier alpha value is -2.49. The number of halogens is 1. The maximum absolute atomic E-state index is 11.9. The molecule has 1 aromatic heterocycles. The number of imidazole rings is 1. The van der Waals surface area contributed by atoms with Gasteiger partial charge in [-0.05, 0) is 18.2 Å². The number of aromatic nitrogens is 2. The summed E-state index contributed by atoms with van der Waals surface area (Å²) in [7, 11) is 0. The van der Waals surface area contributed by atoms with Gasteiger partial charge >= 0.3 is 5.69 Å². The minimum Gasteiger partial charge on any atom is -0.320 e. The molecule has 0 aliphatic heterocycles. The highest BCUT2D eigenvalue weighted by atomic mass is 35.5. The molecule has 0 spiro atoms. The second-order valence-electron chi connectivity index (χ2n) is 3.81. The van der Waals surface area contributed by atoms with Gasteiger partial charge in [0.25, 0.3) is 5.91 Å². The molecule has 5 N–H and O–H groups in total. The molecule has 0 unspecified atom stereocenters. The van der Waals surface area contributed by atoms with Crippen LogP contribution in [0.2, 0.25) is 5.02 Å². The van der Waals surface area contributed by atoms with E-state index < -0.39 is 11.6 Å². The van der Waals surface area contributed by atoms with Crippen molar-refractivity contribution in [3.05, 3.63) is 51.2 Å². The fourth-order valence-electron chi connectivity index (χ4n) is 1.50. The second-order valence-corrected chi connectivity index (χ2v) is 4.22. The summed E-state index contributed by atoms with van der Waals surface area (Å²) in [5.74, 6) is 5.07. The number of anilines is 1. The van der Waals surface area contributed by atoms with Crippen molar-refractivity contribution < 1.29 is 4.79 Å². The number of carbonyl (C=O) groups is 1. The lowest BCUT2D eigenvalue weighted by molar-refractivity contribution is 0.102. The first-order valence-electron chi connectivity index (χ1n) is 5.67. The summed E-state index contributed by atoms with van der Waals surface area (Å²) in [6.07, 6.45) is 1.28. The van der Waals surface area contributed by atoms with Gasteiger partial charge in [0.05, 0.1) is 17.3 Å². The number of nitrogens with two attached hydrogens (primary N) is 1. The minimum absolute atomic E-state index is 0.115. The molecule has 1 aromatic carbocycles. The Bertz CT molecular complexity index is 751. The highest BCUT2D eigenvalue weighted by molar-refractivity contribution is 6.33. The van der Waals surface area contributed by atoms with Crippen molar-refractivity contribution in [1.82, 2.24) is 9.97 Å². The summed E-state index contributed by atoms with van der Waals surface area (Å²) in [5.41, 5.74) is 6.04. The van der Waals surface area contributed by atoms with Gasteiger partial charge in [-0.15, -0.1) is 0 Å². The normalized spacial score (nSPS) is 9.70. The highest BCUT2D eigenvalue weighted by Crippen LogP contribution is 2.23. The summed E-state index contributed by atoms with van der Waals surface area (Å²) < 4.78 is 0. The summed E-state index contributed by atoms with van der Waals surface area (Å²) in [6, 6.07) is 4.98. The first-order chi connectivity index (χ1) is 9.60.